The van der Waals surface area contributed by atoms with E-state index in [-0.39, 0.29) is 51.9 Å². The van der Waals surface area contributed by atoms with E-state index in [1.807, 2.05) is 25.7 Å². The van der Waals surface area contributed by atoms with Crippen LogP contribution in [0.25, 0.3) is 0 Å². The summed E-state index contributed by atoms with van der Waals surface area (Å²) in [4.78, 5) is 36.6. The van der Waals surface area contributed by atoms with Crippen LogP contribution in [0.5, 0.6) is 11.6 Å². The highest BCUT2D eigenvalue weighted by atomic mass is 19.1. The van der Waals surface area contributed by atoms with Gasteiger partial charge in [-0.3, -0.25) is 9.59 Å². The Bertz CT molecular complexity index is 1250. The van der Waals surface area contributed by atoms with Crippen LogP contribution in [0, 0.1) is 16.6 Å². The number of likely N-dealkylation sites (tertiary alicyclic amines) is 1. The largest absolute Gasteiger partial charge is 0.434 e. The van der Waals surface area contributed by atoms with Crippen molar-refractivity contribution in [1.82, 2.24) is 30.3 Å². The lowest BCUT2D eigenvalue weighted by atomic mass is 9.71. The van der Waals surface area contributed by atoms with Crippen molar-refractivity contribution in [3.63, 3.8) is 0 Å². The maximum Gasteiger partial charge on any atom is 0.282 e. The average molecular weight is 554 g/mol. The molecular weight excluding hydrogens is 513 g/mol. The smallest absolute Gasteiger partial charge is 0.282 e. The van der Waals surface area contributed by atoms with Gasteiger partial charge in [-0.25, -0.2) is 9.37 Å². The van der Waals surface area contributed by atoms with Crippen molar-refractivity contribution in [1.29, 1.82) is 0 Å². The molecule has 1 aromatic heterocycles. The van der Waals surface area contributed by atoms with Crippen LogP contribution in [0.1, 0.15) is 64.2 Å². The van der Waals surface area contributed by atoms with Gasteiger partial charge in [0.05, 0.1) is 11.6 Å². The molecule has 3 aliphatic rings. The second kappa shape index (κ2) is 10.9. The molecule has 3 fully saturated rings. The molecular formula is C29H40FN7O3. The molecule has 40 heavy (non-hydrogen) atoms. The zero-order chi connectivity index (χ0) is 28.7. The van der Waals surface area contributed by atoms with Gasteiger partial charge < -0.3 is 24.8 Å². The summed E-state index contributed by atoms with van der Waals surface area (Å²) in [5.74, 6) is 0.302. The van der Waals surface area contributed by atoms with Crippen LogP contribution in [0.15, 0.2) is 24.5 Å². The maximum atomic E-state index is 14.2. The Morgan fingerprint density at radius 3 is 2.55 bits per heavy atom. The van der Waals surface area contributed by atoms with Crippen molar-refractivity contribution in [2.24, 2.45) is 10.8 Å². The van der Waals surface area contributed by atoms with E-state index in [9.17, 15) is 14.0 Å². The van der Waals surface area contributed by atoms with Crippen molar-refractivity contribution in [3.05, 3.63) is 35.9 Å². The van der Waals surface area contributed by atoms with Crippen molar-refractivity contribution in [2.75, 3.05) is 44.2 Å². The van der Waals surface area contributed by atoms with E-state index >= 15 is 0 Å². The number of benzene rings is 1. The first-order valence-electron chi connectivity index (χ1n) is 14.3. The molecule has 4 heterocycles. The van der Waals surface area contributed by atoms with E-state index in [2.05, 4.69) is 39.2 Å². The van der Waals surface area contributed by atoms with Gasteiger partial charge >= 0.3 is 0 Å². The van der Waals surface area contributed by atoms with Gasteiger partial charge in [-0.05, 0) is 70.2 Å². The molecule has 0 saturated carbocycles. The summed E-state index contributed by atoms with van der Waals surface area (Å²) in [6, 6.07) is 3.74. The lowest BCUT2D eigenvalue weighted by Crippen LogP contribution is -2.62. The highest BCUT2D eigenvalue weighted by Crippen LogP contribution is 2.45. The second-order valence-corrected chi connectivity index (χ2v) is 12.3. The fourth-order valence-corrected chi connectivity index (χ4v) is 6.30. The topological polar surface area (TPSA) is 104 Å². The number of piperidine rings is 1. The third-order valence-electron chi connectivity index (χ3n) is 8.81. The number of hydrogen-bond acceptors (Lipinski definition) is 8. The Hall–Kier alpha value is -3.34. The molecule has 1 spiro atoms. The first-order chi connectivity index (χ1) is 19.0. The molecule has 0 unspecified atom stereocenters. The fourth-order valence-electron chi connectivity index (χ4n) is 6.30. The number of aromatic nitrogens is 3. The molecule has 10 nitrogen and oxygen atoms in total. The van der Waals surface area contributed by atoms with Crippen LogP contribution < -0.4 is 15.0 Å². The molecule has 1 atom stereocenters. The number of anilines is 1. The van der Waals surface area contributed by atoms with Crippen LogP contribution in [0.4, 0.5) is 10.2 Å². The van der Waals surface area contributed by atoms with Gasteiger partial charge in [0, 0.05) is 44.2 Å². The zero-order valence-corrected chi connectivity index (χ0v) is 24.1. The second-order valence-electron chi connectivity index (χ2n) is 12.3. The molecule has 0 aliphatic carbocycles. The van der Waals surface area contributed by atoms with Crippen LogP contribution in [-0.4, -0.2) is 88.1 Å². The lowest BCUT2D eigenvalue weighted by Gasteiger charge is -2.54. The molecule has 0 bridgehead atoms. The lowest BCUT2D eigenvalue weighted by molar-refractivity contribution is -0.138. The number of ether oxygens (including phenoxy) is 1. The Labute approximate surface area is 235 Å². The Morgan fingerprint density at radius 2 is 1.93 bits per heavy atom. The van der Waals surface area contributed by atoms with Crippen LogP contribution in [0.3, 0.4) is 0 Å². The van der Waals surface area contributed by atoms with E-state index in [1.54, 1.807) is 4.90 Å². The van der Waals surface area contributed by atoms with Gasteiger partial charge in [-0.2, -0.15) is 0 Å². The molecule has 1 aromatic carbocycles. The molecule has 216 valence electrons. The Morgan fingerprint density at radius 1 is 1.20 bits per heavy atom. The van der Waals surface area contributed by atoms with E-state index in [4.69, 9.17) is 4.74 Å². The summed E-state index contributed by atoms with van der Waals surface area (Å²) in [6.45, 7) is 14.4. The molecule has 3 saturated heterocycles. The fraction of sp³-hybridized carbons (Fsp3) is 0.621. The van der Waals surface area contributed by atoms with Crippen LogP contribution >= 0.6 is 0 Å². The molecule has 2 aromatic rings. The molecule has 3 aliphatic heterocycles. The quantitative estimate of drug-likeness (QED) is 0.556. The minimum Gasteiger partial charge on any atom is -0.434 e. The minimum atomic E-state index is -0.519. The number of rotatable bonds is 7. The summed E-state index contributed by atoms with van der Waals surface area (Å²) in [5, 5.41) is 11.5. The minimum absolute atomic E-state index is 0.0193. The first kappa shape index (κ1) is 28.2. The summed E-state index contributed by atoms with van der Waals surface area (Å²) < 4.78 is 20.3. The van der Waals surface area contributed by atoms with Crippen LogP contribution in [0.2, 0.25) is 0 Å². The highest BCUT2D eigenvalue weighted by Gasteiger charge is 2.49. The van der Waals surface area contributed by atoms with Crippen molar-refractivity contribution >= 4 is 17.6 Å². The third-order valence-corrected chi connectivity index (χ3v) is 8.81. The summed E-state index contributed by atoms with van der Waals surface area (Å²) in [6.07, 6.45) is 4.24. The monoisotopic (exact) mass is 553 g/mol. The third kappa shape index (κ3) is 5.35. The standard InChI is InChI=1S/C29H40FN7O3/c1-6-37(19(2)3)26(38)21-15-20(30)7-8-22(21)40-25-24(32-18-33-34-25)36-16-29(17-36)10-13-35(14-11-29)27(39)23-28(4,5)9-12-31-23/h7-8,15,18-19,23,31H,6,9-14,16-17H2,1-5H3/t23-/m1/s1. The first-order valence-corrected chi connectivity index (χ1v) is 14.3. The molecule has 1 N–H and O–H groups in total. The normalized spacial score (nSPS) is 21.4. The molecule has 0 radical (unpaired) electrons. The number of hydrogen-bond donors (Lipinski definition) is 1. The number of halogens is 1. The predicted molar refractivity (Wildman–Crippen MR) is 149 cm³/mol. The van der Waals surface area contributed by atoms with E-state index in [0.717, 1.165) is 52.0 Å². The predicted octanol–water partition coefficient (Wildman–Crippen LogP) is 3.49. The summed E-state index contributed by atoms with van der Waals surface area (Å²) in [7, 11) is 0. The van der Waals surface area contributed by atoms with Gasteiger partial charge in [-0.15, -0.1) is 10.2 Å². The number of carbonyl (C=O) groups is 2. The van der Waals surface area contributed by atoms with Gasteiger partial charge in [0.15, 0.2) is 5.82 Å². The van der Waals surface area contributed by atoms with Crippen molar-refractivity contribution in [2.45, 2.75) is 66.0 Å². The van der Waals surface area contributed by atoms with E-state index < -0.39 is 5.82 Å². The maximum absolute atomic E-state index is 14.2. The van der Waals surface area contributed by atoms with Gasteiger partial charge in [0.1, 0.15) is 17.9 Å². The van der Waals surface area contributed by atoms with Gasteiger partial charge in [-0.1, -0.05) is 13.8 Å². The van der Waals surface area contributed by atoms with Crippen LogP contribution in [-0.2, 0) is 4.79 Å². The Kier molecular flexibility index (Phi) is 7.69. The van der Waals surface area contributed by atoms with Gasteiger partial charge in [0.25, 0.3) is 11.8 Å². The SMILES string of the molecule is CCN(C(=O)c1cc(F)ccc1Oc1nncnc1N1CC2(CCN(C(=O)[C@H]3NCCC3(C)C)CC2)C1)C(C)C. The highest BCUT2D eigenvalue weighted by molar-refractivity contribution is 5.97. The molecule has 5 rings (SSSR count). The van der Waals surface area contributed by atoms with Gasteiger partial charge in [0.2, 0.25) is 5.91 Å². The summed E-state index contributed by atoms with van der Waals surface area (Å²) >= 11 is 0. The number of nitrogens with one attached hydrogen (secondary N) is 1. The number of nitrogens with zero attached hydrogens (tertiary/aromatic N) is 6. The van der Waals surface area contributed by atoms with E-state index in [0.29, 0.717) is 12.4 Å². The van der Waals surface area contributed by atoms with Crippen molar-refractivity contribution in [3.8, 4) is 11.6 Å². The summed E-state index contributed by atoms with van der Waals surface area (Å²) in [5.41, 5.74) is 0.214. The van der Waals surface area contributed by atoms with E-state index in [1.165, 1.54) is 24.5 Å². The average Bonchev–Trinajstić information content (AvgIpc) is 3.27. The molecule has 11 heteroatoms. The van der Waals surface area contributed by atoms with Crippen molar-refractivity contribution < 1.29 is 18.7 Å². The molecule has 2 amide bonds. The number of carbonyl (C=O) groups excluding carboxylic acids is 2. The zero-order valence-electron chi connectivity index (χ0n) is 24.1. The Balaban J connectivity index is 1.26. The number of amides is 2.